The summed E-state index contributed by atoms with van der Waals surface area (Å²) in [5.74, 6) is 0.858. The number of aryl methyl sites for hydroxylation is 1. The molecule has 1 atom stereocenters. The summed E-state index contributed by atoms with van der Waals surface area (Å²) in [6, 6.07) is 15.8. The highest BCUT2D eigenvalue weighted by molar-refractivity contribution is 6.31. The average molecular weight is 247 g/mol. The molecule has 0 aliphatic rings. The van der Waals surface area contributed by atoms with Crippen LogP contribution in [-0.4, -0.2) is 0 Å². The highest BCUT2D eigenvalue weighted by atomic mass is 35.5. The van der Waals surface area contributed by atoms with E-state index in [4.69, 9.17) is 16.3 Å². The third-order valence-electron chi connectivity index (χ3n) is 2.65. The Morgan fingerprint density at radius 1 is 1.06 bits per heavy atom. The van der Waals surface area contributed by atoms with Crippen LogP contribution in [-0.2, 0) is 0 Å². The molecule has 0 bridgehead atoms. The van der Waals surface area contributed by atoms with Gasteiger partial charge in [-0.2, -0.15) is 0 Å². The third-order valence-corrected chi connectivity index (χ3v) is 2.98. The lowest BCUT2D eigenvalue weighted by Crippen LogP contribution is -2.03. The molecule has 0 N–H and O–H groups in total. The molecule has 0 aliphatic carbocycles. The molecule has 2 aromatic rings. The summed E-state index contributed by atoms with van der Waals surface area (Å²) in [6.07, 6.45) is -0.0505. The Morgan fingerprint density at radius 2 is 1.76 bits per heavy atom. The van der Waals surface area contributed by atoms with Crippen LogP contribution in [0.15, 0.2) is 48.5 Å². The molecule has 0 saturated carbocycles. The minimum atomic E-state index is -0.0505. The lowest BCUT2D eigenvalue weighted by Gasteiger charge is -2.16. The van der Waals surface area contributed by atoms with Gasteiger partial charge in [0.1, 0.15) is 11.9 Å². The minimum absolute atomic E-state index is 0.0505. The quantitative estimate of drug-likeness (QED) is 0.757. The van der Waals surface area contributed by atoms with Gasteiger partial charge in [-0.15, -0.1) is 0 Å². The summed E-state index contributed by atoms with van der Waals surface area (Å²) in [5.41, 5.74) is 2.17. The van der Waals surface area contributed by atoms with Crippen LogP contribution in [0.25, 0.3) is 0 Å². The van der Waals surface area contributed by atoms with Crippen molar-refractivity contribution in [3.63, 3.8) is 0 Å². The molecule has 2 heteroatoms. The van der Waals surface area contributed by atoms with Crippen molar-refractivity contribution in [1.29, 1.82) is 0 Å². The van der Waals surface area contributed by atoms with Crippen molar-refractivity contribution in [1.82, 2.24) is 0 Å². The Hall–Kier alpha value is -1.47. The van der Waals surface area contributed by atoms with Gasteiger partial charge in [-0.05, 0) is 37.6 Å². The van der Waals surface area contributed by atoms with E-state index in [9.17, 15) is 0 Å². The van der Waals surface area contributed by atoms with Gasteiger partial charge in [0.05, 0.1) is 0 Å². The van der Waals surface area contributed by atoms with Gasteiger partial charge in [0.2, 0.25) is 0 Å². The Balaban J connectivity index is 2.17. The van der Waals surface area contributed by atoms with Crippen LogP contribution >= 0.6 is 11.6 Å². The first-order valence-corrected chi connectivity index (χ1v) is 6.02. The smallest absolute Gasteiger partial charge is 0.122 e. The second-order valence-electron chi connectivity index (χ2n) is 4.10. The van der Waals surface area contributed by atoms with Gasteiger partial charge in [-0.25, -0.2) is 0 Å². The molecule has 0 spiro atoms. The van der Waals surface area contributed by atoms with Gasteiger partial charge in [-0.1, -0.05) is 41.9 Å². The van der Waals surface area contributed by atoms with Gasteiger partial charge in [0.25, 0.3) is 0 Å². The van der Waals surface area contributed by atoms with Crippen LogP contribution in [0.1, 0.15) is 24.2 Å². The summed E-state index contributed by atoms with van der Waals surface area (Å²) >= 11 is 6.21. The van der Waals surface area contributed by atoms with Crippen molar-refractivity contribution in [2.75, 3.05) is 0 Å². The molecule has 2 rings (SSSR count). The predicted molar refractivity (Wildman–Crippen MR) is 71.7 cm³/mol. The Bertz CT molecular complexity index is 494. The van der Waals surface area contributed by atoms with E-state index in [0.29, 0.717) is 0 Å². The third kappa shape index (κ3) is 3.01. The van der Waals surface area contributed by atoms with Crippen molar-refractivity contribution < 1.29 is 4.74 Å². The summed E-state index contributed by atoms with van der Waals surface area (Å²) < 4.78 is 5.84. The summed E-state index contributed by atoms with van der Waals surface area (Å²) in [6.45, 7) is 4.03. The fourth-order valence-corrected chi connectivity index (χ4v) is 2.12. The number of benzene rings is 2. The van der Waals surface area contributed by atoms with E-state index in [0.717, 1.165) is 21.9 Å². The van der Waals surface area contributed by atoms with Gasteiger partial charge in [0, 0.05) is 10.6 Å². The second-order valence-corrected chi connectivity index (χ2v) is 4.51. The molecule has 17 heavy (non-hydrogen) atoms. The van der Waals surface area contributed by atoms with Gasteiger partial charge in [0.15, 0.2) is 0 Å². The normalized spacial score (nSPS) is 12.2. The Labute approximate surface area is 107 Å². The first kappa shape index (κ1) is 12.0. The van der Waals surface area contributed by atoms with E-state index < -0.39 is 0 Å². The molecule has 0 radical (unpaired) electrons. The SMILES string of the molecule is Cc1ccc(C(C)Oc2ccccc2)c(Cl)c1. The fraction of sp³-hybridized carbons (Fsp3) is 0.200. The van der Waals surface area contributed by atoms with E-state index in [1.165, 1.54) is 0 Å². The van der Waals surface area contributed by atoms with Crippen molar-refractivity contribution in [3.05, 3.63) is 64.7 Å². The zero-order valence-corrected chi connectivity index (χ0v) is 10.7. The molecule has 1 nitrogen and oxygen atoms in total. The van der Waals surface area contributed by atoms with Gasteiger partial charge >= 0.3 is 0 Å². The first-order chi connectivity index (χ1) is 8.16. The fourth-order valence-electron chi connectivity index (χ4n) is 1.73. The largest absolute Gasteiger partial charge is 0.486 e. The number of ether oxygens (including phenoxy) is 1. The lowest BCUT2D eigenvalue weighted by molar-refractivity contribution is 0.227. The van der Waals surface area contributed by atoms with E-state index >= 15 is 0 Å². The van der Waals surface area contributed by atoms with Crippen LogP contribution in [0.4, 0.5) is 0 Å². The average Bonchev–Trinajstić information content (AvgIpc) is 2.30. The van der Waals surface area contributed by atoms with Crippen LogP contribution in [0, 0.1) is 6.92 Å². The number of hydrogen-bond acceptors (Lipinski definition) is 1. The van der Waals surface area contributed by atoms with E-state index in [1.54, 1.807) is 0 Å². The molecule has 0 heterocycles. The molecule has 0 aromatic heterocycles. The van der Waals surface area contributed by atoms with Crippen LogP contribution in [0.2, 0.25) is 5.02 Å². The van der Waals surface area contributed by atoms with Gasteiger partial charge < -0.3 is 4.74 Å². The summed E-state index contributed by atoms with van der Waals surface area (Å²) in [5, 5.41) is 0.758. The predicted octanol–water partition coefficient (Wildman–Crippen LogP) is 4.79. The van der Waals surface area contributed by atoms with Crippen LogP contribution in [0.3, 0.4) is 0 Å². The van der Waals surface area contributed by atoms with Crippen LogP contribution in [0.5, 0.6) is 5.75 Å². The molecule has 0 saturated heterocycles. The molecular weight excluding hydrogens is 232 g/mol. The second kappa shape index (κ2) is 5.24. The highest BCUT2D eigenvalue weighted by Crippen LogP contribution is 2.27. The van der Waals surface area contributed by atoms with Crippen molar-refractivity contribution in [2.24, 2.45) is 0 Å². The topological polar surface area (TPSA) is 9.23 Å². The molecule has 1 unspecified atom stereocenters. The van der Waals surface area contributed by atoms with E-state index in [-0.39, 0.29) is 6.10 Å². The Morgan fingerprint density at radius 3 is 2.41 bits per heavy atom. The standard InChI is InChI=1S/C15H15ClO/c1-11-8-9-14(15(16)10-11)12(2)17-13-6-4-3-5-7-13/h3-10,12H,1-2H3. The molecule has 2 aromatic carbocycles. The van der Waals surface area contributed by atoms with E-state index in [2.05, 4.69) is 0 Å². The van der Waals surface area contributed by atoms with Crippen LogP contribution < -0.4 is 4.74 Å². The van der Waals surface area contributed by atoms with Crippen molar-refractivity contribution in [3.8, 4) is 5.75 Å². The van der Waals surface area contributed by atoms with Crippen molar-refractivity contribution in [2.45, 2.75) is 20.0 Å². The Kier molecular flexibility index (Phi) is 3.70. The monoisotopic (exact) mass is 246 g/mol. The molecule has 0 amide bonds. The number of para-hydroxylation sites is 1. The molecule has 88 valence electrons. The maximum Gasteiger partial charge on any atom is 0.122 e. The molecular formula is C15H15ClO. The first-order valence-electron chi connectivity index (χ1n) is 5.64. The molecule has 0 aliphatic heterocycles. The lowest BCUT2D eigenvalue weighted by atomic mass is 10.1. The minimum Gasteiger partial charge on any atom is -0.486 e. The zero-order chi connectivity index (χ0) is 12.3. The maximum absolute atomic E-state index is 6.21. The van der Waals surface area contributed by atoms with Gasteiger partial charge in [-0.3, -0.25) is 0 Å². The van der Waals surface area contributed by atoms with E-state index in [1.807, 2.05) is 62.4 Å². The number of rotatable bonds is 3. The number of halogens is 1. The number of hydrogen-bond donors (Lipinski definition) is 0. The zero-order valence-electron chi connectivity index (χ0n) is 9.98. The van der Waals surface area contributed by atoms with Crippen molar-refractivity contribution >= 4 is 11.6 Å². The summed E-state index contributed by atoms with van der Waals surface area (Å²) in [4.78, 5) is 0. The molecule has 0 fully saturated rings. The highest BCUT2D eigenvalue weighted by Gasteiger charge is 2.11. The maximum atomic E-state index is 6.21. The summed E-state index contributed by atoms with van der Waals surface area (Å²) in [7, 11) is 0.